The molecule has 0 aliphatic heterocycles. The van der Waals surface area contributed by atoms with Gasteiger partial charge in [0.25, 0.3) is 0 Å². The van der Waals surface area contributed by atoms with Gasteiger partial charge in [-0.25, -0.2) is 0 Å². The lowest BCUT2D eigenvalue weighted by Crippen LogP contribution is -2.08. The normalized spacial score (nSPS) is 10.6. The average molecular weight is 309 g/mol. The number of ether oxygens (including phenoxy) is 1. The summed E-state index contributed by atoms with van der Waals surface area (Å²) >= 11 is 7.72. The summed E-state index contributed by atoms with van der Waals surface area (Å²) in [6.45, 7) is 6.42. The second-order valence-electron chi connectivity index (χ2n) is 4.66. The topological polar surface area (TPSA) is 26.3 Å². The second-order valence-corrected chi connectivity index (χ2v) is 5.99. The van der Waals surface area contributed by atoms with Crippen molar-refractivity contribution < 1.29 is 9.53 Å². The SMILES string of the molecule is CCCOc1cc(C)c(Cl)c(C)c1C(=O)c1cccs1. The lowest BCUT2D eigenvalue weighted by atomic mass is 9.99. The smallest absolute Gasteiger partial charge is 0.206 e. The average Bonchev–Trinajstić information content (AvgIpc) is 2.96. The Morgan fingerprint density at radius 2 is 2.15 bits per heavy atom. The molecule has 1 heterocycles. The zero-order valence-electron chi connectivity index (χ0n) is 11.8. The number of carbonyl (C=O) groups is 1. The molecule has 2 aromatic rings. The van der Waals surface area contributed by atoms with Gasteiger partial charge in [-0.2, -0.15) is 0 Å². The first-order valence-electron chi connectivity index (χ1n) is 6.57. The van der Waals surface area contributed by atoms with Crippen LogP contribution in [-0.2, 0) is 0 Å². The highest BCUT2D eigenvalue weighted by Gasteiger charge is 2.21. The van der Waals surface area contributed by atoms with Crippen LogP contribution in [0.25, 0.3) is 0 Å². The first kappa shape index (κ1) is 15.1. The van der Waals surface area contributed by atoms with Crippen LogP contribution in [0.3, 0.4) is 0 Å². The fourth-order valence-electron chi connectivity index (χ4n) is 2.06. The maximum absolute atomic E-state index is 12.6. The third-order valence-electron chi connectivity index (χ3n) is 3.08. The number of benzene rings is 1. The van der Waals surface area contributed by atoms with E-state index in [2.05, 4.69) is 0 Å². The van der Waals surface area contributed by atoms with Crippen molar-refractivity contribution in [3.8, 4) is 5.75 Å². The van der Waals surface area contributed by atoms with Gasteiger partial charge in [0.1, 0.15) is 5.75 Å². The van der Waals surface area contributed by atoms with Crippen LogP contribution in [0.15, 0.2) is 23.6 Å². The molecule has 0 amide bonds. The molecule has 106 valence electrons. The van der Waals surface area contributed by atoms with Crippen molar-refractivity contribution in [1.29, 1.82) is 0 Å². The first-order valence-corrected chi connectivity index (χ1v) is 7.82. The molecule has 1 aromatic heterocycles. The molecule has 0 saturated heterocycles. The molecule has 20 heavy (non-hydrogen) atoms. The molecule has 0 saturated carbocycles. The number of hydrogen-bond donors (Lipinski definition) is 0. The highest BCUT2D eigenvalue weighted by molar-refractivity contribution is 7.12. The maximum atomic E-state index is 12.6. The van der Waals surface area contributed by atoms with E-state index in [1.165, 1.54) is 11.3 Å². The van der Waals surface area contributed by atoms with E-state index < -0.39 is 0 Å². The van der Waals surface area contributed by atoms with Gasteiger partial charge >= 0.3 is 0 Å². The van der Waals surface area contributed by atoms with Crippen molar-refractivity contribution in [3.05, 3.63) is 50.2 Å². The zero-order valence-corrected chi connectivity index (χ0v) is 13.4. The van der Waals surface area contributed by atoms with Gasteiger partial charge < -0.3 is 4.74 Å². The Labute approximate surface area is 128 Å². The molecule has 1 aromatic carbocycles. The zero-order chi connectivity index (χ0) is 14.7. The van der Waals surface area contributed by atoms with Crippen LogP contribution in [0.2, 0.25) is 5.02 Å². The van der Waals surface area contributed by atoms with E-state index in [4.69, 9.17) is 16.3 Å². The molecule has 0 unspecified atom stereocenters. The Hall–Kier alpha value is -1.32. The number of aryl methyl sites for hydroxylation is 1. The molecule has 0 aliphatic carbocycles. The van der Waals surface area contributed by atoms with Crippen molar-refractivity contribution in [3.63, 3.8) is 0 Å². The molecule has 0 N–H and O–H groups in total. The summed E-state index contributed by atoms with van der Waals surface area (Å²) in [5.41, 5.74) is 2.30. The van der Waals surface area contributed by atoms with Gasteiger partial charge in [0.15, 0.2) is 0 Å². The minimum Gasteiger partial charge on any atom is -0.493 e. The summed E-state index contributed by atoms with van der Waals surface area (Å²) in [6.07, 6.45) is 0.896. The monoisotopic (exact) mass is 308 g/mol. The molecule has 0 aliphatic rings. The molecule has 2 rings (SSSR count). The number of hydrogen-bond acceptors (Lipinski definition) is 3. The molecule has 4 heteroatoms. The predicted octanol–water partition coefficient (Wildman–Crippen LogP) is 5.04. The number of thiophene rings is 1. The summed E-state index contributed by atoms with van der Waals surface area (Å²) in [7, 11) is 0. The van der Waals surface area contributed by atoms with Crippen LogP contribution >= 0.6 is 22.9 Å². The van der Waals surface area contributed by atoms with Gasteiger partial charge in [0, 0.05) is 5.02 Å². The fourth-order valence-corrected chi connectivity index (χ4v) is 2.88. The lowest BCUT2D eigenvalue weighted by Gasteiger charge is -2.15. The molecule has 0 atom stereocenters. The predicted molar refractivity (Wildman–Crippen MR) is 84.5 cm³/mol. The number of halogens is 1. The summed E-state index contributed by atoms with van der Waals surface area (Å²) < 4.78 is 5.75. The van der Waals surface area contributed by atoms with Gasteiger partial charge in [-0.15, -0.1) is 11.3 Å². The highest BCUT2D eigenvalue weighted by Crippen LogP contribution is 2.34. The molecular weight excluding hydrogens is 292 g/mol. The molecule has 0 radical (unpaired) electrons. The lowest BCUT2D eigenvalue weighted by molar-refractivity contribution is 0.103. The van der Waals surface area contributed by atoms with Crippen LogP contribution in [-0.4, -0.2) is 12.4 Å². The molecule has 2 nitrogen and oxygen atoms in total. The molecule has 0 bridgehead atoms. The van der Waals surface area contributed by atoms with Crippen molar-refractivity contribution in [2.45, 2.75) is 27.2 Å². The third kappa shape index (κ3) is 2.89. The van der Waals surface area contributed by atoms with Crippen LogP contribution in [0, 0.1) is 13.8 Å². The molecular formula is C16H17ClO2S. The first-order chi connectivity index (χ1) is 9.56. The summed E-state index contributed by atoms with van der Waals surface area (Å²) in [5.74, 6) is 0.607. The molecule has 0 spiro atoms. The van der Waals surface area contributed by atoms with E-state index in [1.54, 1.807) is 0 Å². The summed E-state index contributed by atoms with van der Waals surface area (Å²) in [4.78, 5) is 13.4. The summed E-state index contributed by atoms with van der Waals surface area (Å²) in [5, 5.41) is 2.53. The van der Waals surface area contributed by atoms with E-state index >= 15 is 0 Å². The quantitative estimate of drug-likeness (QED) is 0.723. The van der Waals surface area contributed by atoms with Gasteiger partial charge in [-0.1, -0.05) is 24.6 Å². The van der Waals surface area contributed by atoms with Crippen molar-refractivity contribution in [1.82, 2.24) is 0 Å². The third-order valence-corrected chi connectivity index (χ3v) is 4.53. The minimum absolute atomic E-state index is 0.0227. The number of rotatable bonds is 5. The van der Waals surface area contributed by atoms with E-state index in [0.29, 0.717) is 27.8 Å². The fraction of sp³-hybridized carbons (Fsp3) is 0.312. The Kier molecular flexibility index (Phi) is 4.84. The van der Waals surface area contributed by atoms with Gasteiger partial charge in [-0.05, 0) is 48.9 Å². The maximum Gasteiger partial charge on any atom is 0.206 e. The Morgan fingerprint density at radius 1 is 1.40 bits per heavy atom. The standard InChI is InChI=1S/C16H17ClO2S/c1-4-7-19-12-9-10(2)15(17)11(3)14(12)16(18)13-6-5-8-20-13/h5-6,8-9H,4,7H2,1-3H3. The number of carbonyl (C=O) groups excluding carboxylic acids is 1. The van der Waals surface area contributed by atoms with Gasteiger partial charge in [0.2, 0.25) is 5.78 Å². The van der Waals surface area contributed by atoms with Crippen LogP contribution in [0.4, 0.5) is 0 Å². The minimum atomic E-state index is -0.0227. The Bertz CT molecular complexity index is 618. The Morgan fingerprint density at radius 3 is 2.75 bits per heavy atom. The Balaban J connectivity index is 2.54. The van der Waals surface area contributed by atoms with E-state index in [1.807, 2.05) is 44.4 Å². The van der Waals surface area contributed by atoms with Crippen molar-refractivity contribution in [2.75, 3.05) is 6.61 Å². The number of ketones is 1. The van der Waals surface area contributed by atoms with Gasteiger partial charge in [0.05, 0.1) is 17.0 Å². The van der Waals surface area contributed by atoms with Crippen LogP contribution in [0.1, 0.15) is 39.7 Å². The van der Waals surface area contributed by atoms with E-state index in [9.17, 15) is 4.79 Å². The van der Waals surface area contributed by atoms with Gasteiger partial charge in [-0.3, -0.25) is 4.79 Å². The van der Waals surface area contributed by atoms with E-state index in [-0.39, 0.29) is 5.78 Å². The summed E-state index contributed by atoms with van der Waals surface area (Å²) in [6, 6.07) is 5.55. The van der Waals surface area contributed by atoms with Crippen molar-refractivity contribution in [2.24, 2.45) is 0 Å². The molecule has 0 fully saturated rings. The largest absolute Gasteiger partial charge is 0.493 e. The van der Waals surface area contributed by atoms with Crippen molar-refractivity contribution >= 4 is 28.7 Å². The van der Waals surface area contributed by atoms with Crippen LogP contribution < -0.4 is 4.74 Å². The highest BCUT2D eigenvalue weighted by atomic mass is 35.5. The van der Waals surface area contributed by atoms with E-state index in [0.717, 1.165) is 17.5 Å². The second kappa shape index (κ2) is 6.42. The van der Waals surface area contributed by atoms with Crippen LogP contribution in [0.5, 0.6) is 5.75 Å².